The van der Waals surface area contributed by atoms with Crippen LogP contribution in [0.4, 0.5) is 13.2 Å². The van der Waals surface area contributed by atoms with E-state index in [4.69, 9.17) is 0 Å². The summed E-state index contributed by atoms with van der Waals surface area (Å²) in [5.41, 5.74) is 0.00469. The normalized spacial score (nSPS) is 12.6. The van der Waals surface area contributed by atoms with Gasteiger partial charge in [0.2, 0.25) is 0 Å². The summed E-state index contributed by atoms with van der Waals surface area (Å²) in [5.74, 6) is -3.51. The Morgan fingerprint density at radius 1 is 0.857 bits per heavy atom. The SMILES string of the molecule is OC(c1cc(F)c(F)cc1F)c1cncc2ccccc12. The Kier molecular flexibility index (Phi) is 3.35. The van der Waals surface area contributed by atoms with Crippen molar-refractivity contribution in [1.82, 2.24) is 4.98 Å². The molecule has 0 bridgehead atoms. The fourth-order valence-corrected chi connectivity index (χ4v) is 2.27. The van der Waals surface area contributed by atoms with Crippen molar-refractivity contribution in [2.75, 3.05) is 0 Å². The number of pyridine rings is 1. The zero-order valence-electron chi connectivity index (χ0n) is 10.7. The van der Waals surface area contributed by atoms with E-state index in [0.717, 1.165) is 5.39 Å². The maximum Gasteiger partial charge on any atom is 0.161 e. The highest BCUT2D eigenvalue weighted by Gasteiger charge is 2.20. The Balaban J connectivity index is 2.17. The molecule has 3 aromatic rings. The summed E-state index contributed by atoms with van der Waals surface area (Å²) >= 11 is 0. The van der Waals surface area contributed by atoms with Crippen molar-refractivity contribution in [2.24, 2.45) is 0 Å². The van der Waals surface area contributed by atoms with Crippen LogP contribution in [0.5, 0.6) is 0 Å². The lowest BCUT2D eigenvalue weighted by molar-refractivity contribution is 0.215. The fourth-order valence-electron chi connectivity index (χ4n) is 2.27. The molecule has 0 amide bonds. The van der Waals surface area contributed by atoms with E-state index < -0.39 is 23.6 Å². The van der Waals surface area contributed by atoms with Gasteiger partial charge < -0.3 is 5.11 Å². The zero-order valence-corrected chi connectivity index (χ0v) is 10.7. The number of rotatable bonds is 2. The van der Waals surface area contributed by atoms with Gasteiger partial charge in [0.25, 0.3) is 0 Å². The number of fused-ring (bicyclic) bond motifs is 1. The van der Waals surface area contributed by atoms with E-state index in [1.807, 2.05) is 0 Å². The number of aliphatic hydroxyl groups excluding tert-OH is 1. The average molecular weight is 289 g/mol. The molecule has 0 saturated heterocycles. The van der Waals surface area contributed by atoms with E-state index in [2.05, 4.69) is 4.98 Å². The van der Waals surface area contributed by atoms with Crippen LogP contribution in [0.3, 0.4) is 0 Å². The minimum absolute atomic E-state index is 0.327. The predicted octanol–water partition coefficient (Wildman–Crippen LogP) is 3.73. The molecule has 0 aliphatic rings. The van der Waals surface area contributed by atoms with Crippen LogP contribution in [-0.2, 0) is 0 Å². The molecule has 0 saturated carbocycles. The molecule has 0 aliphatic carbocycles. The molecule has 1 unspecified atom stereocenters. The van der Waals surface area contributed by atoms with Gasteiger partial charge in [-0.05, 0) is 11.5 Å². The summed E-state index contributed by atoms with van der Waals surface area (Å²) in [7, 11) is 0. The highest BCUT2D eigenvalue weighted by atomic mass is 19.2. The van der Waals surface area contributed by atoms with Gasteiger partial charge in [-0.15, -0.1) is 0 Å². The summed E-state index contributed by atoms with van der Waals surface area (Å²) in [4.78, 5) is 3.98. The van der Waals surface area contributed by atoms with Crippen molar-refractivity contribution in [2.45, 2.75) is 6.10 Å². The molecule has 0 radical (unpaired) electrons. The monoisotopic (exact) mass is 289 g/mol. The van der Waals surface area contributed by atoms with Gasteiger partial charge in [-0.2, -0.15) is 0 Å². The quantitative estimate of drug-likeness (QED) is 0.729. The van der Waals surface area contributed by atoms with Gasteiger partial charge in [0, 0.05) is 35.0 Å². The number of halogens is 3. The summed E-state index contributed by atoms with van der Waals surface area (Å²) < 4.78 is 40.0. The number of benzene rings is 2. The second-order valence-corrected chi connectivity index (χ2v) is 4.64. The average Bonchev–Trinajstić information content (AvgIpc) is 2.49. The molecule has 1 atom stereocenters. The van der Waals surface area contributed by atoms with Crippen molar-refractivity contribution in [3.05, 3.63) is 77.4 Å². The van der Waals surface area contributed by atoms with Crippen molar-refractivity contribution in [3.8, 4) is 0 Å². The molecule has 106 valence electrons. The number of aromatic nitrogens is 1. The zero-order chi connectivity index (χ0) is 15.0. The number of nitrogens with zero attached hydrogens (tertiary/aromatic N) is 1. The lowest BCUT2D eigenvalue weighted by Crippen LogP contribution is -2.05. The summed E-state index contributed by atoms with van der Waals surface area (Å²) in [5, 5.41) is 11.7. The van der Waals surface area contributed by atoms with E-state index in [9.17, 15) is 18.3 Å². The first kappa shape index (κ1) is 13.6. The third-order valence-corrected chi connectivity index (χ3v) is 3.33. The highest BCUT2D eigenvalue weighted by molar-refractivity contribution is 5.85. The van der Waals surface area contributed by atoms with Gasteiger partial charge in [-0.3, -0.25) is 4.98 Å². The van der Waals surface area contributed by atoms with Crippen molar-refractivity contribution in [1.29, 1.82) is 0 Å². The van der Waals surface area contributed by atoms with Crippen LogP contribution in [-0.4, -0.2) is 10.1 Å². The Morgan fingerprint density at radius 3 is 2.38 bits per heavy atom. The molecular weight excluding hydrogens is 279 g/mol. The Morgan fingerprint density at radius 2 is 1.57 bits per heavy atom. The standard InChI is InChI=1S/C16H10F3NO/c17-13-6-15(19)14(18)5-11(13)16(21)12-8-20-7-9-3-1-2-4-10(9)12/h1-8,16,21H. The predicted molar refractivity (Wildman–Crippen MR) is 72.1 cm³/mol. The Labute approximate surface area is 118 Å². The molecule has 0 aliphatic heterocycles. The number of hydrogen-bond acceptors (Lipinski definition) is 2. The first-order chi connectivity index (χ1) is 10.1. The van der Waals surface area contributed by atoms with Gasteiger partial charge in [-0.25, -0.2) is 13.2 Å². The number of aliphatic hydroxyl groups is 1. The second-order valence-electron chi connectivity index (χ2n) is 4.64. The van der Waals surface area contributed by atoms with Gasteiger partial charge >= 0.3 is 0 Å². The molecule has 5 heteroatoms. The van der Waals surface area contributed by atoms with Crippen LogP contribution in [0.1, 0.15) is 17.2 Å². The molecule has 2 aromatic carbocycles. The minimum Gasteiger partial charge on any atom is -0.383 e. The van der Waals surface area contributed by atoms with Gasteiger partial charge in [-0.1, -0.05) is 24.3 Å². The minimum atomic E-state index is -1.43. The Bertz CT molecular complexity index is 814. The molecule has 1 heterocycles. The lowest BCUT2D eigenvalue weighted by Gasteiger charge is -2.14. The van der Waals surface area contributed by atoms with E-state index in [-0.39, 0.29) is 5.56 Å². The van der Waals surface area contributed by atoms with E-state index >= 15 is 0 Å². The van der Waals surface area contributed by atoms with Crippen LogP contribution in [0.15, 0.2) is 48.8 Å². The highest BCUT2D eigenvalue weighted by Crippen LogP contribution is 2.30. The van der Waals surface area contributed by atoms with E-state index in [1.54, 1.807) is 30.5 Å². The molecule has 3 rings (SSSR count). The first-order valence-corrected chi connectivity index (χ1v) is 6.23. The van der Waals surface area contributed by atoms with Crippen molar-refractivity contribution >= 4 is 10.8 Å². The van der Waals surface area contributed by atoms with Crippen LogP contribution < -0.4 is 0 Å². The van der Waals surface area contributed by atoms with Crippen molar-refractivity contribution in [3.63, 3.8) is 0 Å². The molecule has 1 aromatic heterocycles. The second kappa shape index (κ2) is 5.18. The molecule has 1 N–H and O–H groups in total. The van der Waals surface area contributed by atoms with Crippen molar-refractivity contribution < 1.29 is 18.3 Å². The third kappa shape index (κ3) is 2.36. The third-order valence-electron chi connectivity index (χ3n) is 3.33. The lowest BCUT2D eigenvalue weighted by atomic mass is 9.97. The summed E-state index contributed by atoms with van der Waals surface area (Å²) in [6, 6.07) is 8.19. The van der Waals surface area contributed by atoms with Crippen LogP contribution in [0.25, 0.3) is 10.8 Å². The molecule has 0 fully saturated rings. The van der Waals surface area contributed by atoms with Crippen LogP contribution >= 0.6 is 0 Å². The molecule has 0 spiro atoms. The van der Waals surface area contributed by atoms with E-state index in [1.165, 1.54) is 6.20 Å². The van der Waals surface area contributed by atoms with Gasteiger partial charge in [0.05, 0.1) is 0 Å². The van der Waals surface area contributed by atoms with Crippen LogP contribution in [0, 0.1) is 17.5 Å². The first-order valence-electron chi connectivity index (χ1n) is 6.23. The molecular formula is C16H10F3NO. The fraction of sp³-hybridized carbons (Fsp3) is 0.0625. The molecule has 2 nitrogen and oxygen atoms in total. The summed E-state index contributed by atoms with van der Waals surface area (Å²) in [6.07, 6.45) is 1.56. The number of hydrogen-bond donors (Lipinski definition) is 1. The largest absolute Gasteiger partial charge is 0.383 e. The molecule has 21 heavy (non-hydrogen) atoms. The van der Waals surface area contributed by atoms with Crippen LogP contribution in [0.2, 0.25) is 0 Å². The topological polar surface area (TPSA) is 33.1 Å². The van der Waals surface area contributed by atoms with Gasteiger partial charge in [0.1, 0.15) is 11.9 Å². The smallest absolute Gasteiger partial charge is 0.161 e. The van der Waals surface area contributed by atoms with Gasteiger partial charge in [0.15, 0.2) is 11.6 Å². The Hall–Kier alpha value is -2.40. The maximum absolute atomic E-state index is 13.8. The maximum atomic E-state index is 13.8. The summed E-state index contributed by atoms with van der Waals surface area (Å²) in [6.45, 7) is 0. The van der Waals surface area contributed by atoms with E-state index in [0.29, 0.717) is 23.1 Å².